The van der Waals surface area contributed by atoms with Crippen LogP contribution in [0, 0.1) is 0 Å². The molecule has 0 saturated heterocycles. The Morgan fingerprint density at radius 2 is 2.11 bits per heavy atom. The van der Waals surface area contributed by atoms with Gasteiger partial charge in [-0.1, -0.05) is 41.1 Å². The summed E-state index contributed by atoms with van der Waals surface area (Å²) in [6, 6.07) is 9.36. The molecule has 0 amide bonds. The van der Waals surface area contributed by atoms with Crippen molar-refractivity contribution < 1.29 is 0 Å². The Kier molecular flexibility index (Phi) is 5.58. The molecule has 1 N–H and O–H groups in total. The van der Waals surface area contributed by atoms with Crippen molar-refractivity contribution in [2.24, 2.45) is 0 Å². The summed E-state index contributed by atoms with van der Waals surface area (Å²) in [5.74, 6) is 0.746. The SMILES string of the molecule is CSC(C)CCNC1CC(c2ccccc2Br)C1. The highest BCUT2D eigenvalue weighted by atomic mass is 79.9. The molecule has 1 saturated carbocycles. The zero-order valence-corrected chi connectivity index (χ0v) is 13.6. The van der Waals surface area contributed by atoms with E-state index in [0.29, 0.717) is 0 Å². The Morgan fingerprint density at radius 3 is 2.78 bits per heavy atom. The molecule has 2 rings (SSSR count). The Bertz CT molecular complexity index is 377. The first-order valence-electron chi connectivity index (χ1n) is 6.71. The molecule has 1 aliphatic rings. The third-order valence-corrected chi connectivity index (χ3v) is 5.63. The summed E-state index contributed by atoms with van der Waals surface area (Å²) >= 11 is 5.60. The molecule has 0 radical (unpaired) electrons. The molecule has 1 aromatic carbocycles. The summed E-state index contributed by atoms with van der Waals surface area (Å²) in [5.41, 5.74) is 1.48. The van der Waals surface area contributed by atoms with Gasteiger partial charge in [0.05, 0.1) is 0 Å². The van der Waals surface area contributed by atoms with Crippen LogP contribution in [0.1, 0.15) is 37.7 Å². The highest BCUT2D eigenvalue weighted by Gasteiger charge is 2.30. The molecular weight excluding hydrogens is 306 g/mol. The number of benzene rings is 1. The summed E-state index contributed by atoms with van der Waals surface area (Å²) < 4.78 is 1.27. The van der Waals surface area contributed by atoms with Crippen LogP contribution in [0.4, 0.5) is 0 Å². The molecule has 0 aromatic heterocycles. The van der Waals surface area contributed by atoms with Crippen LogP contribution in [0.3, 0.4) is 0 Å². The van der Waals surface area contributed by atoms with Gasteiger partial charge in [0, 0.05) is 15.8 Å². The predicted octanol–water partition coefficient (Wildman–Crippen LogP) is 4.43. The van der Waals surface area contributed by atoms with Crippen LogP contribution in [-0.2, 0) is 0 Å². The van der Waals surface area contributed by atoms with Crippen LogP contribution >= 0.6 is 27.7 Å². The Morgan fingerprint density at radius 1 is 1.39 bits per heavy atom. The molecule has 1 fully saturated rings. The van der Waals surface area contributed by atoms with Crippen LogP contribution < -0.4 is 5.32 Å². The van der Waals surface area contributed by atoms with Gasteiger partial charge in [0.1, 0.15) is 0 Å². The zero-order valence-electron chi connectivity index (χ0n) is 11.2. The molecule has 100 valence electrons. The molecule has 0 heterocycles. The highest BCUT2D eigenvalue weighted by Crippen LogP contribution is 2.39. The number of halogens is 1. The quantitative estimate of drug-likeness (QED) is 0.829. The summed E-state index contributed by atoms with van der Waals surface area (Å²) in [5, 5.41) is 4.45. The van der Waals surface area contributed by atoms with Crippen LogP contribution in [0.15, 0.2) is 28.7 Å². The first-order valence-corrected chi connectivity index (χ1v) is 8.79. The minimum atomic E-state index is 0.733. The highest BCUT2D eigenvalue weighted by molar-refractivity contribution is 9.10. The first kappa shape index (κ1) is 14.4. The van der Waals surface area contributed by atoms with Gasteiger partial charge in [-0.2, -0.15) is 11.8 Å². The Labute approximate surface area is 123 Å². The minimum Gasteiger partial charge on any atom is -0.314 e. The molecule has 1 aromatic rings. The van der Waals surface area contributed by atoms with Crippen molar-refractivity contribution in [3.05, 3.63) is 34.3 Å². The molecule has 0 bridgehead atoms. The van der Waals surface area contributed by atoms with E-state index in [9.17, 15) is 0 Å². The number of nitrogens with one attached hydrogen (secondary N) is 1. The van der Waals surface area contributed by atoms with Crippen LogP contribution in [0.25, 0.3) is 0 Å². The van der Waals surface area contributed by atoms with Gasteiger partial charge < -0.3 is 5.32 Å². The maximum absolute atomic E-state index is 3.67. The van der Waals surface area contributed by atoms with Gasteiger partial charge >= 0.3 is 0 Å². The maximum Gasteiger partial charge on any atom is 0.0210 e. The van der Waals surface area contributed by atoms with Gasteiger partial charge in [-0.15, -0.1) is 0 Å². The largest absolute Gasteiger partial charge is 0.314 e. The lowest BCUT2D eigenvalue weighted by molar-refractivity contribution is 0.290. The summed E-state index contributed by atoms with van der Waals surface area (Å²) in [4.78, 5) is 0. The molecule has 1 aliphatic carbocycles. The lowest BCUT2D eigenvalue weighted by atomic mass is 9.76. The topological polar surface area (TPSA) is 12.0 Å². The van der Waals surface area contributed by atoms with Crippen LogP contribution in [-0.4, -0.2) is 24.1 Å². The first-order chi connectivity index (χ1) is 8.70. The molecule has 0 spiro atoms. The van der Waals surface area contributed by atoms with Gasteiger partial charge in [0.25, 0.3) is 0 Å². The average Bonchev–Trinajstić information content (AvgIpc) is 2.33. The van der Waals surface area contributed by atoms with E-state index >= 15 is 0 Å². The second kappa shape index (κ2) is 6.97. The Hall–Kier alpha value is 0.01000. The number of hydrogen-bond acceptors (Lipinski definition) is 2. The van der Waals surface area contributed by atoms with Crippen LogP contribution in [0.5, 0.6) is 0 Å². The average molecular weight is 328 g/mol. The van der Waals surface area contributed by atoms with Crippen molar-refractivity contribution in [1.82, 2.24) is 5.32 Å². The number of rotatable bonds is 6. The fourth-order valence-electron chi connectivity index (χ4n) is 2.45. The van der Waals surface area contributed by atoms with Gasteiger partial charge in [-0.3, -0.25) is 0 Å². The standard InChI is InChI=1S/C15H22BrNS/c1-11(18-2)7-8-17-13-9-12(10-13)14-5-3-4-6-15(14)16/h3-6,11-13,17H,7-10H2,1-2H3. The smallest absolute Gasteiger partial charge is 0.0210 e. The van der Waals surface area contributed by atoms with Gasteiger partial charge in [-0.05, 0) is 49.6 Å². The van der Waals surface area contributed by atoms with Crippen molar-refractivity contribution in [2.45, 2.75) is 43.4 Å². The van der Waals surface area contributed by atoms with E-state index < -0.39 is 0 Å². The number of thioether (sulfide) groups is 1. The second-order valence-corrected chi connectivity index (χ2v) is 7.31. The third-order valence-electron chi connectivity index (χ3n) is 3.87. The van der Waals surface area contributed by atoms with E-state index in [1.54, 1.807) is 0 Å². The van der Waals surface area contributed by atoms with Gasteiger partial charge in [0.2, 0.25) is 0 Å². The van der Waals surface area contributed by atoms with Crippen molar-refractivity contribution in [2.75, 3.05) is 12.8 Å². The van der Waals surface area contributed by atoms with Crippen LogP contribution in [0.2, 0.25) is 0 Å². The normalized spacial score (nSPS) is 24.6. The van der Waals surface area contributed by atoms with Crippen molar-refractivity contribution in [3.63, 3.8) is 0 Å². The van der Waals surface area contributed by atoms with E-state index in [1.807, 2.05) is 11.8 Å². The molecule has 3 heteroatoms. The molecule has 0 aliphatic heterocycles. The molecule has 1 atom stereocenters. The molecule has 18 heavy (non-hydrogen) atoms. The summed E-state index contributed by atoms with van der Waals surface area (Å²) in [7, 11) is 0. The van der Waals surface area contributed by atoms with E-state index in [4.69, 9.17) is 0 Å². The lowest BCUT2D eigenvalue weighted by Gasteiger charge is -2.37. The van der Waals surface area contributed by atoms with Crippen molar-refractivity contribution in [1.29, 1.82) is 0 Å². The maximum atomic E-state index is 3.67. The van der Waals surface area contributed by atoms with Gasteiger partial charge in [0.15, 0.2) is 0 Å². The third kappa shape index (κ3) is 3.75. The summed E-state index contributed by atoms with van der Waals surface area (Å²) in [6.07, 6.45) is 6.04. The lowest BCUT2D eigenvalue weighted by Crippen LogP contribution is -2.41. The van der Waals surface area contributed by atoms with Gasteiger partial charge in [-0.25, -0.2) is 0 Å². The molecular formula is C15H22BrNS. The van der Waals surface area contributed by atoms with Crippen molar-refractivity contribution >= 4 is 27.7 Å². The van der Waals surface area contributed by atoms with E-state index in [-0.39, 0.29) is 0 Å². The Balaban J connectivity index is 1.70. The zero-order chi connectivity index (χ0) is 13.0. The fourth-order valence-corrected chi connectivity index (χ4v) is 3.42. The second-order valence-electron chi connectivity index (χ2n) is 5.18. The molecule has 1 nitrogen and oxygen atoms in total. The van der Waals surface area contributed by atoms with E-state index in [1.165, 1.54) is 29.3 Å². The fraction of sp³-hybridized carbons (Fsp3) is 0.600. The predicted molar refractivity (Wildman–Crippen MR) is 85.5 cm³/mol. The monoisotopic (exact) mass is 327 g/mol. The molecule has 1 unspecified atom stereocenters. The number of hydrogen-bond donors (Lipinski definition) is 1. The summed E-state index contributed by atoms with van der Waals surface area (Å²) in [6.45, 7) is 3.46. The van der Waals surface area contributed by atoms with E-state index in [2.05, 4.69) is 58.7 Å². The van der Waals surface area contributed by atoms with E-state index in [0.717, 1.165) is 23.8 Å². The van der Waals surface area contributed by atoms with Crippen molar-refractivity contribution in [3.8, 4) is 0 Å². The minimum absolute atomic E-state index is 0.733.